The number of likely N-dealkylation sites (tertiary alicyclic amines) is 1. The summed E-state index contributed by atoms with van der Waals surface area (Å²) in [5.41, 5.74) is 0.686. The van der Waals surface area contributed by atoms with Crippen molar-refractivity contribution in [2.45, 2.75) is 44.9 Å². The van der Waals surface area contributed by atoms with E-state index in [1.165, 1.54) is 12.8 Å². The molecule has 2 saturated heterocycles. The largest absolute Gasteiger partial charge is 0.370 e. The number of nitrogens with zero attached hydrogens (tertiary/aromatic N) is 3. The minimum atomic E-state index is -0.176. The van der Waals surface area contributed by atoms with E-state index < -0.39 is 0 Å². The van der Waals surface area contributed by atoms with Crippen LogP contribution in [0.2, 0.25) is 0 Å². The van der Waals surface area contributed by atoms with Crippen molar-refractivity contribution in [1.82, 2.24) is 15.1 Å². The lowest BCUT2D eigenvalue weighted by Crippen LogP contribution is -2.39. The summed E-state index contributed by atoms with van der Waals surface area (Å²) >= 11 is 0. The molecule has 0 bridgehead atoms. The fourth-order valence-electron chi connectivity index (χ4n) is 3.70. The van der Waals surface area contributed by atoms with E-state index in [0.29, 0.717) is 18.2 Å². The van der Waals surface area contributed by atoms with Gasteiger partial charge in [-0.25, -0.2) is 5.10 Å². The quantitative estimate of drug-likeness (QED) is 0.922. The highest BCUT2D eigenvalue weighted by Crippen LogP contribution is 2.24. The fraction of sp³-hybridized carbons (Fsp3) is 0.706. The molecule has 0 aliphatic carbocycles. The number of anilines is 1. The predicted molar refractivity (Wildman–Crippen MR) is 89.5 cm³/mol. The Labute approximate surface area is 136 Å². The van der Waals surface area contributed by atoms with Gasteiger partial charge in [0.2, 0.25) is 5.91 Å². The number of amides is 1. The second-order valence-electron chi connectivity index (χ2n) is 6.76. The van der Waals surface area contributed by atoms with Crippen molar-refractivity contribution in [3.63, 3.8) is 0 Å². The normalized spacial score (nSPS) is 22.7. The molecule has 1 aromatic rings. The standard InChI is InChI=1S/C17H26N4O2/c22-16-11-15(12-18-19-16)21-9-5-6-14(13-21)10-17(23)20-7-3-1-2-4-8-20/h11-12,14H,1-10,13H2,(H,19,22). The molecule has 2 fully saturated rings. The SMILES string of the molecule is O=C(CC1CCCN(c2cn[nH]c(=O)c2)C1)N1CCCCCC1. The Morgan fingerprint density at radius 2 is 1.96 bits per heavy atom. The summed E-state index contributed by atoms with van der Waals surface area (Å²) in [7, 11) is 0. The van der Waals surface area contributed by atoms with E-state index in [0.717, 1.165) is 57.5 Å². The Balaban J connectivity index is 1.58. The van der Waals surface area contributed by atoms with E-state index in [1.54, 1.807) is 12.3 Å². The van der Waals surface area contributed by atoms with Gasteiger partial charge in [-0.1, -0.05) is 12.8 Å². The van der Waals surface area contributed by atoms with Crippen molar-refractivity contribution in [2.24, 2.45) is 5.92 Å². The average Bonchev–Trinajstić information content (AvgIpc) is 2.84. The molecule has 1 amide bonds. The number of hydrogen-bond donors (Lipinski definition) is 1. The molecule has 0 aromatic carbocycles. The molecular formula is C17H26N4O2. The van der Waals surface area contributed by atoms with Crippen molar-refractivity contribution >= 4 is 11.6 Å². The fourth-order valence-corrected chi connectivity index (χ4v) is 3.70. The molecule has 1 aromatic heterocycles. The molecule has 1 N–H and O–H groups in total. The number of aromatic amines is 1. The number of hydrogen-bond acceptors (Lipinski definition) is 4. The summed E-state index contributed by atoms with van der Waals surface area (Å²) in [5.74, 6) is 0.682. The van der Waals surface area contributed by atoms with Crippen LogP contribution in [-0.4, -0.2) is 47.2 Å². The lowest BCUT2D eigenvalue weighted by Gasteiger charge is -2.34. The van der Waals surface area contributed by atoms with Gasteiger partial charge in [-0.15, -0.1) is 0 Å². The van der Waals surface area contributed by atoms with Gasteiger partial charge in [0.25, 0.3) is 5.56 Å². The molecule has 126 valence electrons. The first kappa shape index (κ1) is 16.0. The first-order valence-corrected chi connectivity index (χ1v) is 8.80. The number of aromatic nitrogens is 2. The van der Waals surface area contributed by atoms with Gasteiger partial charge in [0, 0.05) is 38.7 Å². The number of rotatable bonds is 3. The second-order valence-corrected chi connectivity index (χ2v) is 6.76. The van der Waals surface area contributed by atoms with Crippen LogP contribution in [0.4, 0.5) is 5.69 Å². The minimum absolute atomic E-state index is 0.176. The van der Waals surface area contributed by atoms with E-state index in [2.05, 4.69) is 20.0 Å². The lowest BCUT2D eigenvalue weighted by molar-refractivity contribution is -0.132. The molecule has 23 heavy (non-hydrogen) atoms. The van der Waals surface area contributed by atoms with Crippen LogP contribution in [0.3, 0.4) is 0 Å². The summed E-state index contributed by atoms with van der Waals surface area (Å²) < 4.78 is 0. The van der Waals surface area contributed by atoms with E-state index >= 15 is 0 Å². The molecular weight excluding hydrogens is 292 g/mol. The maximum Gasteiger partial charge on any atom is 0.266 e. The van der Waals surface area contributed by atoms with Crippen LogP contribution >= 0.6 is 0 Å². The molecule has 3 heterocycles. The summed E-state index contributed by atoms with van der Waals surface area (Å²) in [6.07, 6.45) is 9.25. The Kier molecular flexibility index (Phi) is 5.31. The zero-order valence-electron chi connectivity index (χ0n) is 13.7. The van der Waals surface area contributed by atoms with Crippen LogP contribution in [0, 0.1) is 5.92 Å². The van der Waals surface area contributed by atoms with Gasteiger partial charge in [-0.2, -0.15) is 5.10 Å². The molecule has 0 radical (unpaired) electrons. The number of carbonyl (C=O) groups excluding carboxylic acids is 1. The molecule has 1 unspecified atom stereocenters. The first-order chi connectivity index (χ1) is 11.2. The van der Waals surface area contributed by atoms with Gasteiger partial charge >= 0.3 is 0 Å². The Morgan fingerprint density at radius 3 is 2.70 bits per heavy atom. The number of carbonyl (C=O) groups is 1. The van der Waals surface area contributed by atoms with Gasteiger partial charge in [0.1, 0.15) is 0 Å². The van der Waals surface area contributed by atoms with Crippen molar-refractivity contribution in [2.75, 3.05) is 31.1 Å². The van der Waals surface area contributed by atoms with Crippen LogP contribution in [0.1, 0.15) is 44.9 Å². The van der Waals surface area contributed by atoms with E-state index in [-0.39, 0.29) is 5.56 Å². The topological polar surface area (TPSA) is 69.3 Å². The van der Waals surface area contributed by atoms with Crippen LogP contribution in [-0.2, 0) is 4.79 Å². The maximum absolute atomic E-state index is 12.6. The minimum Gasteiger partial charge on any atom is -0.370 e. The molecule has 0 spiro atoms. The third-order valence-electron chi connectivity index (χ3n) is 4.96. The summed E-state index contributed by atoms with van der Waals surface area (Å²) in [6, 6.07) is 1.59. The molecule has 2 aliphatic rings. The number of H-pyrrole nitrogens is 1. The number of piperidine rings is 1. The van der Waals surface area contributed by atoms with E-state index in [1.807, 2.05) is 0 Å². The Hall–Kier alpha value is -1.85. The zero-order valence-corrected chi connectivity index (χ0v) is 13.7. The predicted octanol–water partition coefficient (Wildman–Crippen LogP) is 1.78. The first-order valence-electron chi connectivity index (χ1n) is 8.80. The summed E-state index contributed by atoms with van der Waals surface area (Å²) in [6.45, 7) is 3.62. The monoisotopic (exact) mass is 318 g/mol. The third-order valence-corrected chi connectivity index (χ3v) is 4.96. The lowest BCUT2D eigenvalue weighted by atomic mass is 9.94. The van der Waals surface area contributed by atoms with Crippen LogP contribution in [0.5, 0.6) is 0 Å². The Bertz CT molecular complexity index is 578. The number of nitrogens with one attached hydrogen (secondary N) is 1. The van der Waals surface area contributed by atoms with Crippen molar-refractivity contribution in [1.29, 1.82) is 0 Å². The van der Waals surface area contributed by atoms with Gasteiger partial charge < -0.3 is 9.80 Å². The zero-order chi connectivity index (χ0) is 16.1. The maximum atomic E-state index is 12.6. The average molecular weight is 318 g/mol. The molecule has 1 atom stereocenters. The van der Waals surface area contributed by atoms with Crippen LogP contribution in [0.15, 0.2) is 17.1 Å². The van der Waals surface area contributed by atoms with Gasteiger partial charge in [0.15, 0.2) is 0 Å². The van der Waals surface area contributed by atoms with Crippen LogP contribution in [0.25, 0.3) is 0 Å². The smallest absolute Gasteiger partial charge is 0.266 e. The molecule has 6 nitrogen and oxygen atoms in total. The molecule has 6 heteroatoms. The van der Waals surface area contributed by atoms with Crippen LogP contribution < -0.4 is 10.5 Å². The third kappa shape index (κ3) is 4.33. The van der Waals surface area contributed by atoms with Crippen molar-refractivity contribution < 1.29 is 4.79 Å². The van der Waals surface area contributed by atoms with Gasteiger partial charge in [-0.3, -0.25) is 9.59 Å². The van der Waals surface area contributed by atoms with E-state index in [4.69, 9.17) is 0 Å². The van der Waals surface area contributed by atoms with E-state index in [9.17, 15) is 9.59 Å². The summed E-state index contributed by atoms with van der Waals surface area (Å²) in [4.78, 5) is 28.2. The van der Waals surface area contributed by atoms with Gasteiger partial charge in [0.05, 0.1) is 11.9 Å². The summed E-state index contributed by atoms with van der Waals surface area (Å²) in [5, 5.41) is 6.28. The highest BCUT2D eigenvalue weighted by molar-refractivity contribution is 5.76. The molecule has 0 saturated carbocycles. The highest BCUT2D eigenvalue weighted by atomic mass is 16.2. The highest BCUT2D eigenvalue weighted by Gasteiger charge is 2.25. The second kappa shape index (κ2) is 7.62. The Morgan fingerprint density at radius 1 is 1.17 bits per heavy atom. The molecule has 2 aliphatic heterocycles. The molecule has 3 rings (SSSR count). The van der Waals surface area contributed by atoms with Gasteiger partial charge in [-0.05, 0) is 31.6 Å². The van der Waals surface area contributed by atoms with Crippen molar-refractivity contribution in [3.05, 3.63) is 22.6 Å². The van der Waals surface area contributed by atoms with Crippen molar-refractivity contribution in [3.8, 4) is 0 Å².